The smallest absolute Gasteiger partial charge is 0.261 e. The van der Waals surface area contributed by atoms with Gasteiger partial charge in [0, 0.05) is 23.4 Å². The summed E-state index contributed by atoms with van der Waals surface area (Å²) in [6.45, 7) is 3.12. The number of carbonyl (C=O) groups is 3. The number of nitrogens with one attached hydrogen (secondary N) is 1. The molecule has 1 aliphatic heterocycles. The molecule has 0 saturated carbocycles. The number of amides is 3. The number of rotatable bonds is 7. The van der Waals surface area contributed by atoms with E-state index in [1.54, 1.807) is 18.2 Å². The minimum absolute atomic E-state index is 0.132. The van der Waals surface area contributed by atoms with Crippen LogP contribution in [0.5, 0.6) is 0 Å². The Balaban J connectivity index is 1.33. The zero-order valence-corrected chi connectivity index (χ0v) is 19.3. The van der Waals surface area contributed by atoms with Crippen molar-refractivity contribution in [3.05, 3.63) is 88.2 Å². The van der Waals surface area contributed by atoms with Crippen LogP contribution in [0, 0.1) is 0 Å². The van der Waals surface area contributed by atoms with Crippen molar-refractivity contribution in [2.45, 2.75) is 51.6 Å². The van der Waals surface area contributed by atoms with Crippen molar-refractivity contribution in [1.29, 1.82) is 0 Å². The van der Waals surface area contributed by atoms with Gasteiger partial charge in [-0.15, -0.1) is 0 Å². The first-order valence-electron chi connectivity index (χ1n) is 12.0. The Kier molecular flexibility index (Phi) is 6.01. The van der Waals surface area contributed by atoms with Crippen LogP contribution in [0.25, 0.3) is 0 Å². The second-order valence-electron chi connectivity index (χ2n) is 8.98. The van der Waals surface area contributed by atoms with Crippen molar-refractivity contribution in [2.75, 3.05) is 6.54 Å². The first-order valence-corrected chi connectivity index (χ1v) is 12.0. The number of unbranched alkanes of at least 4 members (excludes halogenated alkanes) is 1. The fourth-order valence-corrected chi connectivity index (χ4v) is 4.85. The van der Waals surface area contributed by atoms with Crippen molar-refractivity contribution < 1.29 is 14.4 Å². The van der Waals surface area contributed by atoms with E-state index >= 15 is 0 Å². The molecule has 7 heteroatoms. The van der Waals surface area contributed by atoms with Gasteiger partial charge in [0.05, 0.1) is 29.9 Å². The summed E-state index contributed by atoms with van der Waals surface area (Å²) < 4.78 is 2.02. The van der Waals surface area contributed by atoms with Crippen LogP contribution in [0.3, 0.4) is 0 Å². The van der Waals surface area contributed by atoms with Gasteiger partial charge in [0.2, 0.25) is 0 Å². The van der Waals surface area contributed by atoms with Gasteiger partial charge in [-0.05, 0) is 49.4 Å². The van der Waals surface area contributed by atoms with Crippen LogP contribution < -0.4 is 5.32 Å². The van der Waals surface area contributed by atoms with Crippen molar-refractivity contribution >= 4 is 17.7 Å². The molecule has 2 aliphatic rings. The minimum Gasteiger partial charge on any atom is -0.345 e. The zero-order valence-electron chi connectivity index (χ0n) is 19.3. The molecule has 3 amide bonds. The summed E-state index contributed by atoms with van der Waals surface area (Å²) in [5, 5.41) is 7.73. The van der Waals surface area contributed by atoms with Gasteiger partial charge in [0.15, 0.2) is 0 Å². The van der Waals surface area contributed by atoms with Crippen molar-refractivity contribution in [1.82, 2.24) is 20.0 Å². The quantitative estimate of drug-likeness (QED) is 0.542. The second-order valence-corrected chi connectivity index (χ2v) is 8.98. The highest BCUT2D eigenvalue weighted by Gasteiger charge is 2.35. The third-order valence-electron chi connectivity index (χ3n) is 6.71. The summed E-state index contributed by atoms with van der Waals surface area (Å²) in [6, 6.07) is 14.9. The molecule has 1 unspecified atom stereocenters. The van der Waals surface area contributed by atoms with Crippen molar-refractivity contribution in [3.8, 4) is 0 Å². The molecule has 0 radical (unpaired) electrons. The van der Waals surface area contributed by atoms with Crippen molar-refractivity contribution in [2.24, 2.45) is 0 Å². The monoisotopic (exact) mass is 456 g/mol. The largest absolute Gasteiger partial charge is 0.345 e. The van der Waals surface area contributed by atoms with Crippen LogP contribution in [0.2, 0.25) is 0 Å². The van der Waals surface area contributed by atoms with Gasteiger partial charge in [-0.1, -0.05) is 43.7 Å². The van der Waals surface area contributed by atoms with Gasteiger partial charge in [-0.25, -0.2) is 0 Å². The molecule has 2 heterocycles. The third-order valence-corrected chi connectivity index (χ3v) is 6.71. The van der Waals surface area contributed by atoms with E-state index in [0.717, 1.165) is 43.4 Å². The maximum absolute atomic E-state index is 13.1. The molecule has 1 atom stereocenters. The molecule has 2 aromatic carbocycles. The van der Waals surface area contributed by atoms with Crippen LogP contribution in [-0.4, -0.2) is 38.9 Å². The lowest BCUT2D eigenvalue weighted by Gasteiger charge is -2.24. The number of hydrogen-bond acceptors (Lipinski definition) is 4. The Bertz CT molecular complexity index is 1250. The molecule has 0 spiro atoms. The van der Waals surface area contributed by atoms with Gasteiger partial charge in [0.1, 0.15) is 0 Å². The summed E-state index contributed by atoms with van der Waals surface area (Å²) in [5.74, 6) is -0.836. The number of fused-ring (bicyclic) bond motifs is 2. The Morgan fingerprint density at radius 1 is 1.09 bits per heavy atom. The van der Waals surface area contributed by atoms with E-state index in [1.165, 1.54) is 10.5 Å². The maximum Gasteiger partial charge on any atom is 0.261 e. The zero-order chi connectivity index (χ0) is 23.7. The molecule has 174 valence electrons. The van der Waals surface area contributed by atoms with E-state index in [1.807, 2.05) is 36.0 Å². The minimum atomic E-state index is -0.315. The van der Waals surface area contributed by atoms with Crippen LogP contribution in [0.1, 0.15) is 86.5 Å². The molecule has 3 aromatic rings. The van der Waals surface area contributed by atoms with E-state index in [2.05, 4.69) is 22.5 Å². The fourth-order valence-electron chi connectivity index (χ4n) is 4.85. The van der Waals surface area contributed by atoms with E-state index < -0.39 is 0 Å². The lowest BCUT2D eigenvalue weighted by atomic mass is 9.92. The number of benzene rings is 2. The highest BCUT2D eigenvalue weighted by molar-refractivity contribution is 6.22. The molecule has 5 rings (SSSR count). The Hall–Kier alpha value is -3.74. The van der Waals surface area contributed by atoms with Gasteiger partial charge >= 0.3 is 0 Å². The van der Waals surface area contributed by atoms with Crippen LogP contribution in [-0.2, 0) is 13.0 Å². The predicted octanol–water partition coefficient (Wildman–Crippen LogP) is 4.13. The molecule has 1 aliphatic carbocycles. The molecular weight excluding hydrogens is 428 g/mol. The SMILES string of the molecule is CCCCN1C(=O)c2ccc(C(=O)NC3CCCc4c3cnn4Cc3ccccc3)cc2C1=O. The molecule has 0 saturated heterocycles. The number of imide groups is 1. The van der Waals surface area contributed by atoms with E-state index in [9.17, 15) is 14.4 Å². The van der Waals surface area contributed by atoms with Crippen molar-refractivity contribution in [3.63, 3.8) is 0 Å². The van der Waals surface area contributed by atoms with Crippen LogP contribution >= 0.6 is 0 Å². The summed E-state index contributed by atoms with van der Waals surface area (Å²) in [5.41, 5.74) is 4.47. The molecule has 34 heavy (non-hydrogen) atoms. The van der Waals surface area contributed by atoms with E-state index in [4.69, 9.17) is 0 Å². The van der Waals surface area contributed by atoms with Crippen LogP contribution in [0.4, 0.5) is 0 Å². The average molecular weight is 457 g/mol. The average Bonchev–Trinajstić information content (AvgIpc) is 3.37. The van der Waals surface area contributed by atoms with E-state index in [-0.39, 0.29) is 23.8 Å². The summed E-state index contributed by atoms with van der Waals surface area (Å²) in [4.78, 5) is 39.7. The molecule has 1 N–H and O–H groups in total. The Labute approximate surface area is 198 Å². The van der Waals surface area contributed by atoms with Gasteiger partial charge in [-0.3, -0.25) is 24.0 Å². The molecular formula is C27H28N4O3. The Morgan fingerprint density at radius 3 is 2.68 bits per heavy atom. The molecule has 0 fully saturated rings. The van der Waals surface area contributed by atoms with Crippen LogP contribution in [0.15, 0.2) is 54.7 Å². The first-order chi connectivity index (χ1) is 16.6. The second kappa shape index (κ2) is 9.25. The van der Waals surface area contributed by atoms with E-state index in [0.29, 0.717) is 29.8 Å². The predicted molar refractivity (Wildman–Crippen MR) is 128 cm³/mol. The lowest BCUT2D eigenvalue weighted by Crippen LogP contribution is -2.31. The number of hydrogen-bond donors (Lipinski definition) is 1. The molecule has 7 nitrogen and oxygen atoms in total. The lowest BCUT2D eigenvalue weighted by molar-refractivity contribution is 0.0652. The number of carbonyl (C=O) groups excluding carboxylic acids is 3. The summed E-state index contributed by atoms with van der Waals surface area (Å²) >= 11 is 0. The number of nitrogens with zero attached hydrogens (tertiary/aromatic N) is 3. The highest BCUT2D eigenvalue weighted by Crippen LogP contribution is 2.31. The topological polar surface area (TPSA) is 84.3 Å². The van der Waals surface area contributed by atoms with Gasteiger partial charge < -0.3 is 5.32 Å². The first kappa shape index (κ1) is 22.1. The fraction of sp³-hybridized carbons (Fsp3) is 0.333. The highest BCUT2D eigenvalue weighted by atomic mass is 16.2. The molecule has 0 bridgehead atoms. The Morgan fingerprint density at radius 2 is 1.88 bits per heavy atom. The normalized spacial score (nSPS) is 17.0. The van der Waals surface area contributed by atoms with Gasteiger partial charge in [-0.2, -0.15) is 5.10 Å². The summed E-state index contributed by atoms with van der Waals surface area (Å²) in [7, 11) is 0. The summed E-state index contributed by atoms with van der Waals surface area (Å²) in [6.07, 6.45) is 6.24. The number of aromatic nitrogens is 2. The third kappa shape index (κ3) is 4.02. The van der Waals surface area contributed by atoms with Gasteiger partial charge in [0.25, 0.3) is 17.7 Å². The standard InChI is InChI=1S/C27H28N4O3/c1-2-3-14-30-26(33)20-13-12-19(15-21(20)27(30)34)25(32)29-23-10-7-11-24-22(23)16-28-31(24)17-18-8-5-4-6-9-18/h4-6,8-9,12-13,15-16,23H,2-3,7,10-11,14,17H2,1H3,(H,29,32). The molecule has 1 aromatic heterocycles. The maximum atomic E-state index is 13.1.